The molecule has 0 aromatic heterocycles. The summed E-state index contributed by atoms with van der Waals surface area (Å²) < 4.78 is 16.9. The highest BCUT2D eigenvalue weighted by molar-refractivity contribution is 7.08. The molecule has 0 bridgehead atoms. The van der Waals surface area contributed by atoms with E-state index in [1.54, 1.807) is 19.2 Å². The molecule has 55 heavy (non-hydrogen) atoms. The van der Waals surface area contributed by atoms with Gasteiger partial charge in [0.25, 0.3) is 0 Å². The van der Waals surface area contributed by atoms with Crippen LogP contribution in [0.2, 0.25) is 0 Å². The summed E-state index contributed by atoms with van der Waals surface area (Å²) in [5.41, 5.74) is 1.09. The number of aryl methyl sites for hydroxylation is 1. The maximum absolute atomic E-state index is 12.1. The van der Waals surface area contributed by atoms with Crippen LogP contribution in [0.1, 0.15) is 109 Å². The van der Waals surface area contributed by atoms with Crippen LogP contribution in [0, 0.1) is 12.7 Å². The molecule has 16 nitrogen and oxygen atoms in total. The average molecular weight is 811 g/mol. The lowest BCUT2D eigenvalue weighted by atomic mass is 10.1. The Kier molecular flexibility index (Phi) is 57.0. The number of halogens is 1. The molecule has 1 aromatic rings. The van der Waals surface area contributed by atoms with Crippen LogP contribution in [0.25, 0.3) is 0 Å². The van der Waals surface area contributed by atoms with Crippen molar-refractivity contribution in [1.82, 2.24) is 21.3 Å². The molecule has 0 fully saturated rings. The fourth-order valence-corrected chi connectivity index (χ4v) is 3.67. The van der Waals surface area contributed by atoms with Crippen molar-refractivity contribution in [1.29, 1.82) is 0 Å². The van der Waals surface area contributed by atoms with Crippen molar-refractivity contribution in [3.05, 3.63) is 35.6 Å². The molecule has 0 aliphatic carbocycles. The first-order valence-corrected chi connectivity index (χ1v) is 18.7. The van der Waals surface area contributed by atoms with E-state index >= 15 is 0 Å². The average Bonchev–Trinajstić information content (AvgIpc) is 3.16. The van der Waals surface area contributed by atoms with E-state index in [0.717, 1.165) is 50.5 Å². The van der Waals surface area contributed by atoms with Gasteiger partial charge in [-0.2, -0.15) is 0 Å². The first-order valence-electron chi connectivity index (χ1n) is 18.2. The summed E-state index contributed by atoms with van der Waals surface area (Å²) in [5, 5.41) is 35.3. The number of unbranched alkanes of at least 4 members (excludes halogenated alkanes) is 7. The standard InChI is InChI=1S/C11H20N2O5.C7H7F.C7H13NO2.C7H17N.C5H8O4.H3OP/c1-18-7-3-2-6-12-10(15)5-4-9(11(16)17)13-8-14;1-6-2-4-7(8)5-3-6;9-6-4-2-1-3-5-8-7-10;1-3-4-5-6-7-8-2;6-4(7)2-1-3-5(8)9;1-2/h8-9H,2-7H2,1H3,(H,12,15)(H,13,14)(H,16,17);2-5H,1H3;6-7H,1-5H2,(H,8,10);8H,3-7H2,1-2H3;1-3H2,(H,6,7)(H,8,9);1H,2H2. The quantitative estimate of drug-likeness (QED) is 0.0356. The second-order valence-electron chi connectivity index (χ2n) is 11.5. The van der Waals surface area contributed by atoms with Gasteiger partial charge in [-0.05, 0) is 87.1 Å². The minimum Gasteiger partial charge on any atom is -0.481 e. The van der Waals surface area contributed by atoms with Crippen LogP contribution >= 0.6 is 9.47 Å². The highest BCUT2D eigenvalue weighted by atomic mass is 31.0. The van der Waals surface area contributed by atoms with E-state index in [-0.39, 0.29) is 43.8 Å². The molecule has 18 heteroatoms. The molecule has 0 aliphatic heterocycles. The molecular formula is C37H68FN4O12P. The Balaban J connectivity index is -0.000000195. The maximum atomic E-state index is 12.1. The first kappa shape index (κ1) is 60.2. The van der Waals surface area contributed by atoms with Crippen molar-refractivity contribution in [2.45, 2.75) is 116 Å². The van der Waals surface area contributed by atoms with Crippen LogP contribution in [0.4, 0.5) is 4.39 Å². The lowest BCUT2D eigenvalue weighted by Gasteiger charge is -2.10. The first-order chi connectivity index (χ1) is 26.4. The number of aldehydes is 1. The predicted octanol–water partition coefficient (Wildman–Crippen LogP) is 4.02. The number of rotatable bonds is 27. The van der Waals surface area contributed by atoms with Gasteiger partial charge in [0.2, 0.25) is 18.7 Å². The van der Waals surface area contributed by atoms with Crippen molar-refractivity contribution >= 4 is 52.4 Å². The number of nitrogens with one attached hydrogen (secondary N) is 4. The Morgan fingerprint density at radius 1 is 0.782 bits per heavy atom. The van der Waals surface area contributed by atoms with Gasteiger partial charge in [-0.25, -0.2) is 9.18 Å². The summed E-state index contributed by atoms with van der Waals surface area (Å²) in [6, 6.07) is 5.39. The molecule has 0 saturated carbocycles. The number of aliphatic carboxylic acids is 3. The van der Waals surface area contributed by atoms with Gasteiger partial charge in [-0.3, -0.25) is 24.0 Å². The van der Waals surface area contributed by atoms with Crippen LogP contribution in [0.15, 0.2) is 24.3 Å². The zero-order chi connectivity index (χ0) is 43.0. The molecule has 0 aliphatic rings. The number of carboxylic acid groups (broad SMARTS) is 3. The fraction of sp³-hybridized carbons (Fsp3) is 0.649. The van der Waals surface area contributed by atoms with Crippen molar-refractivity contribution in [3.63, 3.8) is 0 Å². The molecule has 3 amide bonds. The zero-order valence-electron chi connectivity index (χ0n) is 33.1. The number of amides is 3. The third kappa shape index (κ3) is 62.3. The van der Waals surface area contributed by atoms with Gasteiger partial charge in [-0.15, -0.1) is 0 Å². The fourth-order valence-electron chi connectivity index (χ4n) is 3.67. The highest BCUT2D eigenvalue weighted by Gasteiger charge is 2.17. The van der Waals surface area contributed by atoms with Gasteiger partial charge in [0.15, 0.2) is 0 Å². The van der Waals surface area contributed by atoms with Gasteiger partial charge in [-0.1, -0.05) is 50.3 Å². The number of ether oxygens (including phenoxy) is 1. The molecule has 1 aromatic carbocycles. The summed E-state index contributed by atoms with van der Waals surface area (Å²) in [5.74, 6) is -3.43. The Bertz CT molecular complexity index is 1000. The molecular weight excluding hydrogens is 742 g/mol. The lowest BCUT2D eigenvalue weighted by molar-refractivity contribution is -0.141. The summed E-state index contributed by atoms with van der Waals surface area (Å²) in [6.45, 7) is 7.27. The number of methoxy groups -OCH3 is 1. The normalized spacial score (nSPS) is 9.73. The second-order valence-corrected chi connectivity index (χ2v) is 11.5. The van der Waals surface area contributed by atoms with E-state index in [4.69, 9.17) is 24.9 Å². The van der Waals surface area contributed by atoms with E-state index in [1.165, 1.54) is 53.8 Å². The van der Waals surface area contributed by atoms with E-state index in [0.29, 0.717) is 32.4 Å². The molecule has 320 valence electrons. The van der Waals surface area contributed by atoms with Crippen molar-refractivity contribution < 1.29 is 62.9 Å². The number of carbonyl (C=O) groups is 7. The summed E-state index contributed by atoms with van der Waals surface area (Å²) >= 11 is 0. The zero-order valence-corrected chi connectivity index (χ0v) is 34.2. The number of hydrogen-bond acceptors (Lipinski definition) is 10. The molecule has 2 atom stereocenters. The second kappa shape index (κ2) is 52.1. The highest BCUT2D eigenvalue weighted by Crippen LogP contribution is 2.00. The van der Waals surface area contributed by atoms with E-state index in [2.05, 4.69) is 28.2 Å². The van der Waals surface area contributed by atoms with Gasteiger partial charge in [0, 0.05) is 52.5 Å². The number of hydrogen-bond donors (Lipinski definition) is 8. The Labute approximate surface area is 328 Å². The maximum Gasteiger partial charge on any atom is 0.326 e. The van der Waals surface area contributed by atoms with Crippen LogP contribution in [0.3, 0.4) is 0 Å². The van der Waals surface area contributed by atoms with Gasteiger partial charge >= 0.3 is 17.9 Å². The molecule has 1 rings (SSSR count). The number of carbonyl (C=O) groups excluding carboxylic acids is 4. The predicted molar refractivity (Wildman–Crippen MR) is 213 cm³/mol. The SMILES string of the molecule is CCCCCCNC.COCCCCNC(=O)CCC(NC=O)C(=O)O.Cc1ccc(F)cc1.O=C(O)CCCC(=O)O.O=CCCCCCNC=O.OP. The Morgan fingerprint density at radius 2 is 1.35 bits per heavy atom. The minimum atomic E-state index is -1.14. The largest absolute Gasteiger partial charge is 0.481 e. The minimum absolute atomic E-state index is 0.0632. The molecule has 8 N–H and O–H groups in total. The van der Waals surface area contributed by atoms with Crippen molar-refractivity contribution in [2.75, 3.05) is 40.4 Å². The smallest absolute Gasteiger partial charge is 0.326 e. The van der Waals surface area contributed by atoms with Crippen LogP contribution in [-0.4, -0.2) is 110 Å². The van der Waals surface area contributed by atoms with Crippen LogP contribution in [-0.2, 0) is 38.3 Å². The molecule has 0 spiro atoms. The van der Waals surface area contributed by atoms with E-state index in [9.17, 15) is 38.0 Å². The molecule has 0 heterocycles. The molecule has 0 radical (unpaired) electrons. The van der Waals surface area contributed by atoms with E-state index in [1.807, 2.05) is 14.0 Å². The molecule has 2 unspecified atom stereocenters. The summed E-state index contributed by atoms with van der Waals surface area (Å²) in [4.78, 5) is 78.2. The lowest BCUT2D eigenvalue weighted by Crippen LogP contribution is -2.37. The monoisotopic (exact) mass is 810 g/mol. The van der Waals surface area contributed by atoms with E-state index < -0.39 is 23.9 Å². The number of carboxylic acids is 3. The van der Waals surface area contributed by atoms with Gasteiger partial charge < -0.3 is 51.0 Å². The van der Waals surface area contributed by atoms with Gasteiger partial charge in [0.05, 0.1) is 0 Å². The topological polar surface area (TPSA) is 258 Å². The van der Waals surface area contributed by atoms with Crippen LogP contribution in [0.5, 0.6) is 0 Å². The summed E-state index contributed by atoms with van der Waals surface area (Å²) in [7, 11) is 5.04. The Morgan fingerprint density at radius 3 is 1.80 bits per heavy atom. The molecule has 0 saturated heterocycles. The van der Waals surface area contributed by atoms with Crippen molar-refractivity contribution in [2.24, 2.45) is 0 Å². The third-order valence-corrected chi connectivity index (χ3v) is 6.62. The Hall–Kier alpha value is -4.05. The van der Waals surface area contributed by atoms with Crippen molar-refractivity contribution in [3.8, 4) is 0 Å². The van der Waals surface area contributed by atoms with Crippen LogP contribution < -0.4 is 21.3 Å². The summed E-state index contributed by atoms with van der Waals surface area (Å²) in [6.07, 6.45) is 12.9. The van der Waals surface area contributed by atoms with Gasteiger partial charge in [0.1, 0.15) is 18.1 Å². The third-order valence-electron chi connectivity index (χ3n) is 6.62. The number of benzene rings is 1.